The summed E-state index contributed by atoms with van der Waals surface area (Å²) in [7, 11) is 3.11. The van der Waals surface area contributed by atoms with E-state index in [2.05, 4.69) is 18.8 Å². The van der Waals surface area contributed by atoms with Crippen molar-refractivity contribution in [1.29, 1.82) is 0 Å². The van der Waals surface area contributed by atoms with Crippen LogP contribution in [-0.2, 0) is 42.9 Å². The molecule has 0 aromatic carbocycles. The zero-order valence-corrected chi connectivity index (χ0v) is 38.2. The number of hydrogen-bond acceptors (Lipinski definition) is 12. The summed E-state index contributed by atoms with van der Waals surface area (Å²) in [6, 6.07) is -1.27. The molecule has 15 atom stereocenters. The normalized spacial score (nSPS) is 39.3. The number of Topliss-reactive ketones (excluding diaryl/α,β-unsaturated/α-hetero) is 1. The number of nitrogens with one attached hydrogen (secondary N) is 1. The van der Waals surface area contributed by atoms with Crippen LogP contribution in [-0.4, -0.2) is 132 Å². The van der Waals surface area contributed by atoms with Gasteiger partial charge in [0, 0.05) is 51.9 Å². The SMILES string of the molecule is C=CCOC1CC(C=C(C)C2OC(=O)C3CCCCN3C(=O)C(O)C3(O)OC(C(OC)CC(C)CC(C)=CC(CC)C(=O)CC(O)C2C)C(OC)CC3C)CCC1NC(C)=O. The van der Waals surface area contributed by atoms with Gasteiger partial charge in [-0.15, -0.1) is 6.58 Å². The second-order valence-corrected chi connectivity index (χ2v) is 18.4. The van der Waals surface area contributed by atoms with Gasteiger partial charge in [-0.25, -0.2) is 4.79 Å². The molecule has 4 rings (SSSR count). The summed E-state index contributed by atoms with van der Waals surface area (Å²) in [5.41, 5.74) is 1.67. The first-order valence-electron chi connectivity index (χ1n) is 22.6. The molecule has 15 unspecified atom stereocenters. The lowest BCUT2D eigenvalue weighted by Crippen LogP contribution is -2.66. The molecule has 0 aromatic rings. The predicted octanol–water partition coefficient (Wildman–Crippen LogP) is 4.96. The van der Waals surface area contributed by atoms with Crippen LogP contribution in [0.3, 0.4) is 0 Å². The molecule has 3 heterocycles. The topological polar surface area (TPSA) is 190 Å². The minimum atomic E-state index is -2.32. The fourth-order valence-corrected chi connectivity index (χ4v) is 10.1. The number of ether oxygens (including phenoxy) is 5. The van der Waals surface area contributed by atoms with Crippen molar-refractivity contribution in [2.45, 2.75) is 180 Å². The first kappa shape index (κ1) is 50.7. The van der Waals surface area contributed by atoms with Gasteiger partial charge in [0.1, 0.15) is 24.0 Å². The Kier molecular flexibility index (Phi) is 19.2. The van der Waals surface area contributed by atoms with Crippen molar-refractivity contribution in [1.82, 2.24) is 10.2 Å². The van der Waals surface area contributed by atoms with Gasteiger partial charge in [0.05, 0.1) is 37.1 Å². The zero-order valence-electron chi connectivity index (χ0n) is 38.2. The Morgan fingerprint density at radius 3 is 2.33 bits per heavy atom. The van der Waals surface area contributed by atoms with Gasteiger partial charge in [0.2, 0.25) is 11.7 Å². The Bertz CT molecular complexity index is 1570. The van der Waals surface area contributed by atoms with Gasteiger partial charge in [-0.1, -0.05) is 51.5 Å². The molecule has 3 fully saturated rings. The molecule has 1 saturated carbocycles. The van der Waals surface area contributed by atoms with E-state index >= 15 is 0 Å². The maximum absolute atomic E-state index is 14.5. The van der Waals surface area contributed by atoms with Crippen molar-refractivity contribution >= 4 is 23.6 Å². The Morgan fingerprint density at radius 1 is 1.00 bits per heavy atom. The van der Waals surface area contributed by atoms with Gasteiger partial charge < -0.3 is 49.2 Å². The smallest absolute Gasteiger partial charge is 0.329 e. The lowest BCUT2D eigenvalue weighted by Gasteiger charge is -2.49. The van der Waals surface area contributed by atoms with Gasteiger partial charge in [-0.2, -0.15) is 0 Å². The molecule has 61 heavy (non-hydrogen) atoms. The number of methoxy groups -OCH3 is 2. The van der Waals surface area contributed by atoms with Gasteiger partial charge >= 0.3 is 5.97 Å². The van der Waals surface area contributed by atoms with E-state index < -0.39 is 78.1 Å². The van der Waals surface area contributed by atoms with Crippen LogP contribution in [0.4, 0.5) is 0 Å². The predicted molar refractivity (Wildman–Crippen MR) is 230 cm³/mol. The second kappa shape index (κ2) is 23.1. The van der Waals surface area contributed by atoms with E-state index in [0.717, 1.165) is 12.0 Å². The van der Waals surface area contributed by atoms with E-state index in [1.54, 1.807) is 34.1 Å². The third kappa shape index (κ3) is 12.8. The highest BCUT2D eigenvalue weighted by Gasteiger charge is 2.56. The molecule has 4 aliphatic rings. The molecule has 0 spiro atoms. The van der Waals surface area contributed by atoms with Gasteiger partial charge in [0.25, 0.3) is 5.91 Å². The molecule has 2 amide bonds. The molecule has 346 valence electrons. The number of esters is 1. The number of ketones is 1. The van der Waals surface area contributed by atoms with Crippen LogP contribution in [0.5, 0.6) is 0 Å². The van der Waals surface area contributed by atoms with E-state index in [0.29, 0.717) is 57.1 Å². The van der Waals surface area contributed by atoms with Crippen LogP contribution in [0.15, 0.2) is 36.0 Å². The fourth-order valence-electron chi connectivity index (χ4n) is 10.1. The Labute approximate surface area is 363 Å². The van der Waals surface area contributed by atoms with Crippen molar-refractivity contribution in [2.75, 3.05) is 27.4 Å². The van der Waals surface area contributed by atoms with Gasteiger partial charge in [-0.3, -0.25) is 14.4 Å². The molecule has 0 aromatic heterocycles. The number of cyclic esters (lactones) is 1. The number of aliphatic hydroxyl groups excluding tert-OH is 2. The van der Waals surface area contributed by atoms with E-state index in [9.17, 15) is 34.5 Å². The monoisotopic (exact) mass is 861 g/mol. The summed E-state index contributed by atoms with van der Waals surface area (Å²) in [4.78, 5) is 56.0. The largest absolute Gasteiger partial charge is 0.456 e. The van der Waals surface area contributed by atoms with Crippen LogP contribution >= 0.6 is 0 Å². The standard InChI is InChI=1S/C47H76N2O12/c1-11-19-59-39-25-33(16-17-35(39)48-32(8)50)23-29(5)42-31(7)37(51)26-38(52)34(12-2)21-27(3)20-28(4)22-40(57-9)43-41(58-10)24-30(6)47(56,61-43)44(53)45(54)49-18-14-13-15-36(49)46(55)60-42/h11,21,23,28,30-31,33-37,39-44,51,53,56H,1,12-20,22,24-26H2,2-10H3,(H,48,50). The Hall–Kier alpha value is -2.98. The average molecular weight is 861 g/mol. The van der Waals surface area contributed by atoms with Crippen LogP contribution in [0, 0.1) is 29.6 Å². The molecule has 14 nitrogen and oxygen atoms in total. The number of aliphatic hydroxyl groups is 3. The number of allylic oxidation sites excluding steroid dienone is 3. The van der Waals surface area contributed by atoms with Crippen LogP contribution in [0.1, 0.15) is 119 Å². The lowest BCUT2D eigenvalue weighted by atomic mass is 9.80. The average Bonchev–Trinajstić information content (AvgIpc) is 3.23. The molecule has 2 bridgehead atoms. The van der Waals surface area contributed by atoms with Crippen LogP contribution in [0.2, 0.25) is 0 Å². The third-order valence-electron chi connectivity index (χ3n) is 13.6. The highest BCUT2D eigenvalue weighted by Crippen LogP contribution is 2.40. The number of nitrogens with zero attached hydrogens (tertiary/aromatic N) is 1. The Balaban J connectivity index is 1.75. The van der Waals surface area contributed by atoms with Crippen molar-refractivity contribution in [3.05, 3.63) is 36.0 Å². The summed E-state index contributed by atoms with van der Waals surface area (Å²) < 4.78 is 30.6. The van der Waals surface area contributed by atoms with Crippen molar-refractivity contribution in [3.63, 3.8) is 0 Å². The quantitative estimate of drug-likeness (QED) is 0.180. The molecule has 14 heteroatoms. The summed E-state index contributed by atoms with van der Waals surface area (Å²) >= 11 is 0. The highest BCUT2D eigenvalue weighted by atomic mass is 16.7. The molecular formula is C47H76N2O12. The van der Waals surface area contributed by atoms with Gasteiger partial charge in [-0.05, 0) is 95.5 Å². The number of hydrogen-bond donors (Lipinski definition) is 4. The van der Waals surface area contributed by atoms with Gasteiger partial charge in [0.15, 0.2) is 6.10 Å². The van der Waals surface area contributed by atoms with E-state index in [1.165, 1.54) is 11.8 Å². The summed E-state index contributed by atoms with van der Waals surface area (Å²) in [5, 5.41) is 38.8. The van der Waals surface area contributed by atoms with Crippen molar-refractivity contribution < 1.29 is 58.2 Å². The zero-order chi connectivity index (χ0) is 45.2. The van der Waals surface area contributed by atoms with E-state index in [4.69, 9.17) is 23.7 Å². The molecule has 3 aliphatic heterocycles. The maximum atomic E-state index is 14.5. The molecule has 2 saturated heterocycles. The Morgan fingerprint density at radius 2 is 1.69 bits per heavy atom. The third-order valence-corrected chi connectivity index (χ3v) is 13.6. The van der Waals surface area contributed by atoms with Crippen LogP contribution < -0.4 is 5.32 Å². The summed E-state index contributed by atoms with van der Waals surface area (Å²) in [6.07, 6.45) is 4.47. The lowest BCUT2D eigenvalue weighted by molar-refractivity contribution is -0.346. The first-order chi connectivity index (χ1) is 28.9. The highest BCUT2D eigenvalue weighted by molar-refractivity contribution is 5.88. The van der Waals surface area contributed by atoms with Crippen molar-refractivity contribution in [2.24, 2.45) is 29.6 Å². The summed E-state index contributed by atoms with van der Waals surface area (Å²) in [5.74, 6) is -6.02. The number of piperidine rings is 1. The fraction of sp³-hybridized carbons (Fsp3) is 0.787. The van der Waals surface area contributed by atoms with E-state index in [-0.39, 0.29) is 61.5 Å². The number of rotatable bonds is 9. The number of carbonyl (C=O) groups excluding carboxylic acids is 4. The maximum Gasteiger partial charge on any atom is 0.329 e. The summed E-state index contributed by atoms with van der Waals surface area (Å²) in [6.45, 7) is 17.0. The minimum absolute atomic E-state index is 0.0185. The number of amides is 2. The number of carbonyl (C=O) groups is 4. The molecule has 4 N–H and O–H groups in total. The molecule has 1 aliphatic carbocycles. The molecular weight excluding hydrogens is 785 g/mol. The second-order valence-electron chi connectivity index (χ2n) is 18.4. The number of fused-ring (bicyclic) bond motifs is 3. The minimum Gasteiger partial charge on any atom is -0.456 e. The van der Waals surface area contributed by atoms with Crippen molar-refractivity contribution in [3.8, 4) is 0 Å². The van der Waals surface area contributed by atoms with E-state index in [1.807, 2.05) is 32.9 Å². The first-order valence-corrected chi connectivity index (χ1v) is 22.6. The van der Waals surface area contributed by atoms with Crippen LogP contribution in [0.25, 0.3) is 0 Å². The molecule has 0 radical (unpaired) electrons.